The lowest BCUT2D eigenvalue weighted by Crippen LogP contribution is -2.04. The van der Waals surface area contributed by atoms with E-state index in [1.807, 2.05) is 30.3 Å². The van der Waals surface area contributed by atoms with Crippen LogP contribution < -0.4 is 4.74 Å². The van der Waals surface area contributed by atoms with Gasteiger partial charge in [-0.3, -0.25) is 0 Å². The maximum Gasteiger partial charge on any atom is 0.338 e. The molecule has 0 aromatic heterocycles. The topological polar surface area (TPSA) is 61.8 Å². The van der Waals surface area contributed by atoms with Gasteiger partial charge in [-0.1, -0.05) is 18.2 Å². The average molecular weight is 354 g/mol. The maximum atomic E-state index is 11.7. The second-order valence-electron chi connectivity index (χ2n) is 5.34. The Bertz CT molecular complexity index is 791. The third-order valence-corrected chi connectivity index (χ3v) is 3.64. The molecule has 26 heavy (non-hydrogen) atoms. The standard InChI is InChI=1S/C21H22O5/c1-4-25-20(22)13-11-18-14-17(10-12-19(18)24-3)15-6-8-16(9-7-15)21(23)26-5-2/h6-14H,4-5H2,1-3H3/b13-11+. The Hall–Kier alpha value is -3.08. The van der Waals surface area contributed by atoms with E-state index in [2.05, 4.69) is 0 Å². The molecule has 0 saturated heterocycles. The Labute approximate surface area is 153 Å². The molecule has 5 heteroatoms. The van der Waals surface area contributed by atoms with Crippen LogP contribution in [0.5, 0.6) is 5.75 Å². The van der Waals surface area contributed by atoms with Gasteiger partial charge in [-0.15, -0.1) is 0 Å². The molecule has 0 saturated carbocycles. The smallest absolute Gasteiger partial charge is 0.338 e. The molecule has 0 aliphatic carbocycles. The van der Waals surface area contributed by atoms with Gasteiger partial charge in [-0.2, -0.15) is 0 Å². The van der Waals surface area contributed by atoms with Gasteiger partial charge in [-0.25, -0.2) is 9.59 Å². The summed E-state index contributed by atoms with van der Waals surface area (Å²) in [6.45, 7) is 4.20. The van der Waals surface area contributed by atoms with Crippen LogP contribution in [0.2, 0.25) is 0 Å². The van der Waals surface area contributed by atoms with Crippen LogP contribution in [0.1, 0.15) is 29.8 Å². The van der Waals surface area contributed by atoms with E-state index in [-0.39, 0.29) is 5.97 Å². The first-order valence-electron chi connectivity index (χ1n) is 8.39. The van der Waals surface area contributed by atoms with Crippen LogP contribution in [-0.2, 0) is 14.3 Å². The van der Waals surface area contributed by atoms with E-state index in [9.17, 15) is 9.59 Å². The lowest BCUT2D eigenvalue weighted by atomic mass is 10.0. The molecule has 0 aliphatic heterocycles. The summed E-state index contributed by atoms with van der Waals surface area (Å²) in [6, 6.07) is 12.8. The van der Waals surface area contributed by atoms with Crippen molar-refractivity contribution in [3.63, 3.8) is 0 Å². The number of hydrogen-bond donors (Lipinski definition) is 0. The quantitative estimate of drug-likeness (QED) is 0.553. The van der Waals surface area contributed by atoms with Gasteiger partial charge in [0, 0.05) is 11.6 Å². The van der Waals surface area contributed by atoms with Gasteiger partial charge in [0.2, 0.25) is 0 Å². The minimum Gasteiger partial charge on any atom is -0.496 e. The number of rotatable bonds is 7. The molecule has 136 valence electrons. The molecule has 2 rings (SSSR count). The van der Waals surface area contributed by atoms with Crippen molar-refractivity contribution in [1.29, 1.82) is 0 Å². The van der Waals surface area contributed by atoms with E-state index in [0.717, 1.165) is 16.7 Å². The van der Waals surface area contributed by atoms with Crippen LogP contribution in [-0.4, -0.2) is 32.3 Å². The molecule has 0 aliphatic rings. The summed E-state index contributed by atoms with van der Waals surface area (Å²) in [7, 11) is 1.57. The van der Waals surface area contributed by atoms with E-state index < -0.39 is 5.97 Å². The average Bonchev–Trinajstić information content (AvgIpc) is 2.66. The SMILES string of the molecule is CCOC(=O)/C=C/c1cc(-c2ccc(C(=O)OCC)cc2)ccc1OC. The number of benzene rings is 2. The van der Waals surface area contributed by atoms with Crippen molar-refractivity contribution < 1.29 is 23.8 Å². The Balaban J connectivity index is 2.28. The second kappa shape index (κ2) is 9.42. The minimum absolute atomic E-state index is 0.327. The highest BCUT2D eigenvalue weighted by Gasteiger charge is 2.08. The largest absolute Gasteiger partial charge is 0.496 e. The van der Waals surface area contributed by atoms with Gasteiger partial charge in [0.05, 0.1) is 25.9 Å². The van der Waals surface area contributed by atoms with Gasteiger partial charge >= 0.3 is 11.9 Å². The predicted molar refractivity (Wildman–Crippen MR) is 100 cm³/mol. The van der Waals surface area contributed by atoms with Crippen LogP contribution in [0.4, 0.5) is 0 Å². The fraction of sp³-hybridized carbons (Fsp3) is 0.238. The van der Waals surface area contributed by atoms with E-state index in [4.69, 9.17) is 14.2 Å². The van der Waals surface area contributed by atoms with Crippen molar-refractivity contribution >= 4 is 18.0 Å². The number of methoxy groups -OCH3 is 1. The van der Waals surface area contributed by atoms with E-state index >= 15 is 0 Å². The zero-order valence-corrected chi connectivity index (χ0v) is 15.2. The molecule has 0 spiro atoms. The first-order valence-corrected chi connectivity index (χ1v) is 8.39. The van der Waals surface area contributed by atoms with Crippen LogP contribution in [0.25, 0.3) is 17.2 Å². The fourth-order valence-corrected chi connectivity index (χ4v) is 2.41. The van der Waals surface area contributed by atoms with Crippen LogP contribution in [0.3, 0.4) is 0 Å². The molecule has 0 fully saturated rings. The first kappa shape index (κ1) is 19.2. The lowest BCUT2D eigenvalue weighted by Gasteiger charge is -2.09. The summed E-state index contributed by atoms with van der Waals surface area (Å²) < 4.78 is 15.2. The predicted octanol–water partition coefficient (Wildman–Crippen LogP) is 4.12. The summed E-state index contributed by atoms with van der Waals surface area (Å²) in [4.78, 5) is 23.3. The molecular weight excluding hydrogens is 332 g/mol. The summed E-state index contributed by atoms with van der Waals surface area (Å²) in [5.74, 6) is -0.0944. The third kappa shape index (κ3) is 4.96. The number of carbonyl (C=O) groups excluding carboxylic acids is 2. The molecule has 2 aromatic rings. The van der Waals surface area contributed by atoms with Crippen molar-refractivity contribution in [1.82, 2.24) is 0 Å². The molecule has 0 amide bonds. The van der Waals surface area contributed by atoms with Crippen molar-refractivity contribution in [2.45, 2.75) is 13.8 Å². The van der Waals surface area contributed by atoms with Crippen molar-refractivity contribution in [3.05, 3.63) is 59.7 Å². The normalized spacial score (nSPS) is 10.6. The second-order valence-corrected chi connectivity index (χ2v) is 5.34. The van der Waals surface area contributed by atoms with Gasteiger partial charge in [0.25, 0.3) is 0 Å². The van der Waals surface area contributed by atoms with Gasteiger partial charge in [-0.05, 0) is 55.3 Å². The Kier molecular flexibility index (Phi) is 6.97. The van der Waals surface area contributed by atoms with Crippen molar-refractivity contribution in [3.8, 4) is 16.9 Å². The van der Waals surface area contributed by atoms with Crippen LogP contribution in [0.15, 0.2) is 48.5 Å². The molecule has 0 radical (unpaired) electrons. The number of ether oxygens (including phenoxy) is 3. The Morgan fingerprint density at radius 3 is 2.19 bits per heavy atom. The summed E-state index contributed by atoms with van der Waals surface area (Å²) in [5.41, 5.74) is 3.13. The fourth-order valence-electron chi connectivity index (χ4n) is 2.41. The highest BCUT2D eigenvalue weighted by molar-refractivity contribution is 5.90. The molecule has 2 aromatic carbocycles. The highest BCUT2D eigenvalue weighted by Crippen LogP contribution is 2.28. The monoisotopic (exact) mass is 354 g/mol. The van der Waals surface area contributed by atoms with Crippen LogP contribution in [0, 0.1) is 0 Å². The molecule has 5 nitrogen and oxygen atoms in total. The Morgan fingerprint density at radius 1 is 0.923 bits per heavy atom. The van der Waals surface area contributed by atoms with Crippen molar-refractivity contribution in [2.75, 3.05) is 20.3 Å². The number of esters is 2. The van der Waals surface area contributed by atoms with Gasteiger partial charge in [0.1, 0.15) is 5.75 Å². The zero-order chi connectivity index (χ0) is 18.9. The van der Waals surface area contributed by atoms with Gasteiger partial charge in [0.15, 0.2) is 0 Å². The van der Waals surface area contributed by atoms with E-state index in [1.165, 1.54) is 6.08 Å². The van der Waals surface area contributed by atoms with Crippen LogP contribution >= 0.6 is 0 Å². The number of carbonyl (C=O) groups is 2. The molecule has 0 unspecified atom stereocenters. The highest BCUT2D eigenvalue weighted by atomic mass is 16.5. The zero-order valence-electron chi connectivity index (χ0n) is 15.2. The van der Waals surface area contributed by atoms with Gasteiger partial charge < -0.3 is 14.2 Å². The Morgan fingerprint density at radius 2 is 1.58 bits per heavy atom. The molecule has 0 atom stereocenters. The summed E-state index contributed by atoms with van der Waals surface area (Å²) in [5, 5.41) is 0. The molecule has 0 bridgehead atoms. The lowest BCUT2D eigenvalue weighted by molar-refractivity contribution is -0.137. The van der Waals surface area contributed by atoms with E-state index in [1.54, 1.807) is 39.2 Å². The summed E-state index contributed by atoms with van der Waals surface area (Å²) >= 11 is 0. The molecular formula is C21H22O5. The summed E-state index contributed by atoms with van der Waals surface area (Å²) in [6.07, 6.45) is 3.03. The third-order valence-electron chi connectivity index (χ3n) is 3.64. The molecule has 0 heterocycles. The maximum absolute atomic E-state index is 11.7. The minimum atomic E-state index is -0.404. The first-order chi connectivity index (χ1) is 12.6. The molecule has 0 N–H and O–H groups in total. The van der Waals surface area contributed by atoms with Crippen molar-refractivity contribution in [2.24, 2.45) is 0 Å². The number of hydrogen-bond acceptors (Lipinski definition) is 5. The van der Waals surface area contributed by atoms with E-state index in [0.29, 0.717) is 24.5 Å².